The van der Waals surface area contributed by atoms with E-state index in [4.69, 9.17) is 0 Å². The standard InChI is InChI=1S/C11H9N3OS2/c1-2-9-13-14-7(6-15)10(12-11(14)17-9)8-4-3-5-16-8/h3-6H,2H2,1H3. The maximum absolute atomic E-state index is 11.2. The first kappa shape index (κ1) is 10.6. The van der Waals surface area contributed by atoms with E-state index in [0.29, 0.717) is 5.69 Å². The van der Waals surface area contributed by atoms with Crippen LogP contribution in [0.1, 0.15) is 22.4 Å². The second-order valence-corrected chi connectivity index (χ2v) is 5.47. The third-order valence-corrected chi connectivity index (χ3v) is 4.38. The Morgan fingerprint density at radius 1 is 1.53 bits per heavy atom. The van der Waals surface area contributed by atoms with Gasteiger partial charge in [0.05, 0.1) is 4.88 Å². The first-order chi connectivity index (χ1) is 8.33. The van der Waals surface area contributed by atoms with Crippen molar-refractivity contribution in [2.24, 2.45) is 0 Å². The minimum absolute atomic E-state index is 0.540. The molecule has 0 bridgehead atoms. The average molecular weight is 263 g/mol. The fraction of sp³-hybridized carbons (Fsp3) is 0.182. The highest BCUT2D eigenvalue weighted by atomic mass is 32.1. The largest absolute Gasteiger partial charge is 0.296 e. The van der Waals surface area contributed by atoms with Gasteiger partial charge in [0, 0.05) is 0 Å². The Balaban J connectivity index is 2.26. The summed E-state index contributed by atoms with van der Waals surface area (Å²) < 4.78 is 1.64. The van der Waals surface area contributed by atoms with Crippen LogP contribution in [0.4, 0.5) is 0 Å². The lowest BCUT2D eigenvalue weighted by Crippen LogP contribution is -1.94. The first-order valence-corrected chi connectivity index (χ1v) is 6.90. The van der Waals surface area contributed by atoms with E-state index in [9.17, 15) is 4.79 Å². The van der Waals surface area contributed by atoms with Crippen LogP contribution >= 0.6 is 22.7 Å². The van der Waals surface area contributed by atoms with Crippen LogP contribution in [0, 0.1) is 0 Å². The summed E-state index contributed by atoms with van der Waals surface area (Å²) in [5.41, 5.74) is 1.27. The maximum Gasteiger partial charge on any atom is 0.213 e. The van der Waals surface area contributed by atoms with Gasteiger partial charge in [-0.05, 0) is 17.9 Å². The number of aryl methyl sites for hydroxylation is 1. The summed E-state index contributed by atoms with van der Waals surface area (Å²) in [6.07, 6.45) is 1.69. The van der Waals surface area contributed by atoms with E-state index in [-0.39, 0.29) is 0 Å². The van der Waals surface area contributed by atoms with Crippen LogP contribution < -0.4 is 0 Å². The van der Waals surface area contributed by atoms with E-state index < -0.39 is 0 Å². The Kier molecular flexibility index (Phi) is 2.53. The van der Waals surface area contributed by atoms with Gasteiger partial charge in [-0.25, -0.2) is 4.98 Å². The van der Waals surface area contributed by atoms with Crippen LogP contribution in [0.25, 0.3) is 15.5 Å². The van der Waals surface area contributed by atoms with Crippen molar-refractivity contribution >= 4 is 33.9 Å². The van der Waals surface area contributed by atoms with Gasteiger partial charge in [0.2, 0.25) is 4.96 Å². The van der Waals surface area contributed by atoms with Gasteiger partial charge < -0.3 is 0 Å². The van der Waals surface area contributed by atoms with Gasteiger partial charge in [0.1, 0.15) is 16.4 Å². The van der Waals surface area contributed by atoms with Crippen molar-refractivity contribution in [2.75, 3.05) is 0 Å². The van der Waals surface area contributed by atoms with Gasteiger partial charge in [-0.3, -0.25) is 4.79 Å². The highest BCUT2D eigenvalue weighted by Gasteiger charge is 2.17. The summed E-state index contributed by atoms with van der Waals surface area (Å²) in [4.78, 5) is 17.5. The highest BCUT2D eigenvalue weighted by molar-refractivity contribution is 7.16. The van der Waals surface area contributed by atoms with E-state index in [0.717, 1.165) is 33.2 Å². The van der Waals surface area contributed by atoms with Crippen molar-refractivity contribution in [1.29, 1.82) is 0 Å². The first-order valence-electron chi connectivity index (χ1n) is 5.21. The second kappa shape index (κ2) is 4.05. The van der Waals surface area contributed by atoms with Gasteiger partial charge in [-0.2, -0.15) is 9.61 Å². The molecular formula is C11H9N3OS2. The van der Waals surface area contributed by atoms with Crippen LogP contribution in [0.3, 0.4) is 0 Å². The Bertz CT molecular complexity index is 666. The lowest BCUT2D eigenvalue weighted by molar-refractivity contribution is 0.111. The van der Waals surface area contributed by atoms with Crippen LogP contribution in [0.2, 0.25) is 0 Å². The van der Waals surface area contributed by atoms with Gasteiger partial charge in [0.25, 0.3) is 0 Å². The topological polar surface area (TPSA) is 47.3 Å². The number of thiophene rings is 1. The zero-order valence-corrected chi connectivity index (χ0v) is 10.7. The number of carbonyl (C=O) groups excluding carboxylic acids is 1. The predicted molar refractivity (Wildman–Crippen MR) is 68.9 cm³/mol. The number of imidazole rings is 1. The lowest BCUT2D eigenvalue weighted by atomic mass is 10.3. The molecule has 0 saturated carbocycles. The Hall–Kier alpha value is -1.53. The number of aromatic nitrogens is 3. The van der Waals surface area contributed by atoms with Crippen LogP contribution in [0.5, 0.6) is 0 Å². The van der Waals surface area contributed by atoms with Crippen molar-refractivity contribution < 1.29 is 4.79 Å². The Morgan fingerprint density at radius 2 is 2.41 bits per heavy atom. The molecule has 0 aliphatic rings. The van der Waals surface area contributed by atoms with Crippen LogP contribution in [0.15, 0.2) is 17.5 Å². The summed E-state index contributed by atoms with van der Waals surface area (Å²) in [5, 5.41) is 7.35. The summed E-state index contributed by atoms with van der Waals surface area (Å²) in [7, 11) is 0. The van der Waals surface area contributed by atoms with Gasteiger partial charge in [-0.15, -0.1) is 11.3 Å². The molecule has 3 heterocycles. The number of hydrogen-bond acceptors (Lipinski definition) is 5. The molecule has 0 spiro atoms. The third-order valence-electron chi connectivity index (χ3n) is 2.45. The monoisotopic (exact) mass is 263 g/mol. The predicted octanol–water partition coefficient (Wildman–Crippen LogP) is 2.89. The second-order valence-electron chi connectivity index (χ2n) is 3.48. The number of hydrogen-bond donors (Lipinski definition) is 0. The third kappa shape index (κ3) is 1.60. The molecule has 86 valence electrons. The summed E-state index contributed by atoms with van der Waals surface area (Å²) in [5.74, 6) is 0. The minimum Gasteiger partial charge on any atom is -0.296 e. The molecule has 0 N–H and O–H groups in total. The fourth-order valence-electron chi connectivity index (χ4n) is 1.65. The van der Waals surface area contributed by atoms with E-state index in [1.165, 1.54) is 11.3 Å². The molecule has 6 heteroatoms. The quantitative estimate of drug-likeness (QED) is 0.683. The Morgan fingerprint density at radius 3 is 3.06 bits per heavy atom. The van der Waals surface area contributed by atoms with E-state index in [1.807, 2.05) is 24.4 Å². The number of rotatable bonds is 3. The number of carbonyl (C=O) groups is 1. The Labute approximate surface area is 106 Å². The fourth-order valence-corrected chi connectivity index (χ4v) is 3.21. The smallest absolute Gasteiger partial charge is 0.213 e. The molecule has 0 amide bonds. The molecule has 3 aromatic heterocycles. The van der Waals surface area contributed by atoms with Gasteiger partial charge in [0.15, 0.2) is 6.29 Å². The molecule has 0 fully saturated rings. The van der Waals surface area contributed by atoms with Gasteiger partial charge in [-0.1, -0.05) is 24.3 Å². The SMILES string of the molecule is CCc1nn2c(C=O)c(-c3cccs3)nc2s1. The average Bonchev–Trinajstić information content (AvgIpc) is 3.02. The van der Waals surface area contributed by atoms with E-state index >= 15 is 0 Å². The zero-order chi connectivity index (χ0) is 11.8. The molecule has 4 nitrogen and oxygen atoms in total. The molecule has 17 heavy (non-hydrogen) atoms. The summed E-state index contributed by atoms with van der Waals surface area (Å²) >= 11 is 3.11. The van der Waals surface area contributed by atoms with Crippen molar-refractivity contribution in [2.45, 2.75) is 13.3 Å². The molecular weight excluding hydrogens is 254 g/mol. The molecule has 0 atom stereocenters. The highest BCUT2D eigenvalue weighted by Crippen LogP contribution is 2.29. The number of nitrogens with zero attached hydrogens (tertiary/aromatic N) is 3. The number of fused-ring (bicyclic) bond motifs is 1. The van der Waals surface area contributed by atoms with Crippen LogP contribution in [-0.2, 0) is 6.42 Å². The summed E-state index contributed by atoms with van der Waals surface area (Å²) in [6, 6.07) is 3.91. The maximum atomic E-state index is 11.2. The molecule has 3 aromatic rings. The van der Waals surface area contributed by atoms with Gasteiger partial charge >= 0.3 is 0 Å². The van der Waals surface area contributed by atoms with Crippen molar-refractivity contribution in [3.63, 3.8) is 0 Å². The minimum atomic E-state index is 0.540. The molecule has 0 aromatic carbocycles. The molecule has 3 rings (SSSR count). The van der Waals surface area contributed by atoms with Crippen molar-refractivity contribution in [3.8, 4) is 10.6 Å². The lowest BCUT2D eigenvalue weighted by Gasteiger charge is -1.92. The molecule has 0 aliphatic carbocycles. The molecule has 0 unspecified atom stereocenters. The molecule has 0 radical (unpaired) electrons. The van der Waals surface area contributed by atoms with Crippen LogP contribution in [-0.4, -0.2) is 20.9 Å². The molecule has 0 aliphatic heterocycles. The molecule has 0 saturated heterocycles. The normalized spacial score (nSPS) is 11.1. The van der Waals surface area contributed by atoms with E-state index in [1.54, 1.807) is 15.9 Å². The van der Waals surface area contributed by atoms with E-state index in [2.05, 4.69) is 10.1 Å². The summed E-state index contributed by atoms with van der Waals surface area (Å²) in [6.45, 7) is 2.04. The van der Waals surface area contributed by atoms with Crippen molar-refractivity contribution in [1.82, 2.24) is 14.6 Å². The number of aldehydes is 1. The zero-order valence-electron chi connectivity index (χ0n) is 9.08. The van der Waals surface area contributed by atoms with Crippen molar-refractivity contribution in [3.05, 3.63) is 28.2 Å².